The Hall–Kier alpha value is -2.16. The highest BCUT2D eigenvalue weighted by atomic mass is 19.1. The SMILES string of the molecule is CCCCCc1ccc(-c2ccc(C(=O)O)cc2)c(F)c1. The molecule has 2 nitrogen and oxygen atoms in total. The summed E-state index contributed by atoms with van der Waals surface area (Å²) >= 11 is 0. The molecule has 0 atom stereocenters. The van der Waals surface area contributed by atoms with Gasteiger partial charge in [0.25, 0.3) is 0 Å². The molecule has 110 valence electrons. The summed E-state index contributed by atoms with van der Waals surface area (Å²) in [4.78, 5) is 10.8. The van der Waals surface area contributed by atoms with Crippen LogP contribution >= 0.6 is 0 Å². The predicted octanol–water partition coefficient (Wildman–Crippen LogP) is 4.92. The van der Waals surface area contributed by atoms with Gasteiger partial charge in [0.1, 0.15) is 5.82 Å². The van der Waals surface area contributed by atoms with Crippen LogP contribution in [0.4, 0.5) is 4.39 Å². The van der Waals surface area contributed by atoms with E-state index in [4.69, 9.17) is 5.11 Å². The third-order valence-electron chi connectivity index (χ3n) is 3.55. The maximum atomic E-state index is 14.2. The van der Waals surface area contributed by atoms with E-state index in [9.17, 15) is 9.18 Å². The van der Waals surface area contributed by atoms with Gasteiger partial charge in [-0.15, -0.1) is 0 Å². The molecule has 1 N–H and O–H groups in total. The molecular formula is C18H19FO2. The highest BCUT2D eigenvalue weighted by Gasteiger charge is 2.08. The van der Waals surface area contributed by atoms with Gasteiger partial charge >= 0.3 is 5.97 Å². The molecule has 0 aliphatic carbocycles. The van der Waals surface area contributed by atoms with E-state index in [1.807, 2.05) is 6.07 Å². The van der Waals surface area contributed by atoms with Crippen molar-refractivity contribution in [3.8, 4) is 11.1 Å². The zero-order chi connectivity index (χ0) is 15.2. The van der Waals surface area contributed by atoms with E-state index in [0.717, 1.165) is 31.2 Å². The number of benzene rings is 2. The zero-order valence-corrected chi connectivity index (χ0v) is 12.1. The van der Waals surface area contributed by atoms with Crippen LogP contribution in [0.25, 0.3) is 11.1 Å². The number of unbranched alkanes of at least 4 members (excludes halogenated alkanes) is 2. The fourth-order valence-corrected chi connectivity index (χ4v) is 2.32. The van der Waals surface area contributed by atoms with Crippen molar-refractivity contribution in [2.45, 2.75) is 32.6 Å². The van der Waals surface area contributed by atoms with Crippen molar-refractivity contribution < 1.29 is 14.3 Å². The Balaban J connectivity index is 2.18. The fourth-order valence-electron chi connectivity index (χ4n) is 2.32. The molecule has 0 radical (unpaired) electrons. The van der Waals surface area contributed by atoms with E-state index < -0.39 is 5.97 Å². The summed E-state index contributed by atoms with van der Waals surface area (Å²) in [6, 6.07) is 11.6. The van der Waals surface area contributed by atoms with Gasteiger partial charge in [0, 0.05) is 5.56 Å². The normalized spacial score (nSPS) is 10.6. The highest BCUT2D eigenvalue weighted by molar-refractivity contribution is 5.88. The number of rotatable bonds is 6. The lowest BCUT2D eigenvalue weighted by Crippen LogP contribution is -1.95. The Labute approximate surface area is 124 Å². The average Bonchev–Trinajstić information content (AvgIpc) is 2.48. The number of carbonyl (C=O) groups is 1. The molecular weight excluding hydrogens is 267 g/mol. The molecule has 2 rings (SSSR count). The lowest BCUT2D eigenvalue weighted by molar-refractivity contribution is 0.0697. The van der Waals surface area contributed by atoms with Gasteiger partial charge in [-0.05, 0) is 42.2 Å². The first-order valence-corrected chi connectivity index (χ1v) is 7.24. The molecule has 0 aromatic heterocycles. The molecule has 0 aliphatic rings. The number of carboxylic acids is 1. The first kappa shape index (κ1) is 15.2. The van der Waals surface area contributed by atoms with Crippen molar-refractivity contribution in [1.29, 1.82) is 0 Å². The summed E-state index contributed by atoms with van der Waals surface area (Å²) in [5.74, 6) is -1.24. The van der Waals surface area contributed by atoms with Gasteiger partial charge in [-0.1, -0.05) is 44.0 Å². The second-order valence-electron chi connectivity index (χ2n) is 5.15. The fraction of sp³-hybridized carbons (Fsp3) is 0.278. The van der Waals surface area contributed by atoms with E-state index in [1.165, 1.54) is 12.1 Å². The number of hydrogen-bond donors (Lipinski definition) is 1. The smallest absolute Gasteiger partial charge is 0.335 e. The summed E-state index contributed by atoms with van der Waals surface area (Å²) in [5.41, 5.74) is 2.41. The minimum atomic E-state index is -0.978. The van der Waals surface area contributed by atoms with Crippen molar-refractivity contribution in [2.75, 3.05) is 0 Å². The zero-order valence-electron chi connectivity index (χ0n) is 12.1. The summed E-state index contributed by atoms with van der Waals surface area (Å²) in [7, 11) is 0. The highest BCUT2D eigenvalue weighted by Crippen LogP contribution is 2.24. The molecule has 0 fully saturated rings. The molecule has 3 heteroatoms. The Bertz CT molecular complexity index is 618. The first-order valence-electron chi connectivity index (χ1n) is 7.24. The minimum absolute atomic E-state index is 0.204. The quantitative estimate of drug-likeness (QED) is 0.765. The molecule has 0 amide bonds. The summed E-state index contributed by atoms with van der Waals surface area (Å²) in [6.07, 6.45) is 4.27. The second-order valence-corrected chi connectivity index (χ2v) is 5.15. The molecule has 0 unspecified atom stereocenters. The Morgan fingerprint density at radius 2 is 1.81 bits per heavy atom. The molecule has 21 heavy (non-hydrogen) atoms. The van der Waals surface area contributed by atoms with Gasteiger partial charge in [-0.3, -0.25) is 0 Å². The monoisotopic (exact) mass is 286 g/mol. The van der Waals surface area contributed by atoms with Crippen molar-refractivity contribution in [2.24, 2.45) is 0 Å². The number of carboxylic acid groups (broad SMARTS) is 1. The van der Waals surface area contributed by atoms with Crippen molar-refractivity contribution in [3.63, 3.8) is 0 Å². The van der Waals surface area contributed by atoms with E-state index >= 15 is 0 Å². The van der Waals surface area contributed by atoms with Gasteiger partial charge in [-0.2, -0.15) is 0 Å². The van der Waals surface area contributed by atoms with Crippen LogP contribution in [0.3, 0.4) is 0 Å². The maximum Gasteiger partial charge on any atom is 0.335 e. The maximum absolute atomic E-state index is 14.2. The van der Waals surface area contributed by atoms with Crippen LogP contribution in [0.5, 0.6) is 0 Å². The van der Waals surface area contributed by atoms with Crippen LogP contribution in [0.15, 0.2) is 42.5 Å². The predicted molar refractivity (Wildman–Crippen MR) is 82.0 cm³/mol. The molecule has 2 aromatic carbocycles. The van der Waals surface area contributed by atoms with Gasteiger partial charge in [0.2, 0.25) is 0 Å². The minimum Gasteiger partial charge on any atom is -0.478 e. The third kappa shape index (κ3) is 3.91. The molecule has 0 heterocycles. The van der Waals surface area contributed by atoms with Crippen LogP contribution in [-0.2, 0) is 6.42 Å². The standard InChI is InChI=1S/C18H19FO2/c1-2-3-4-5-13-6-11-16(17(19)12-13)14-7-9-15(10-8-14)18(20)21/h6-12H,2-5H2,1H3,(H,20,21). The van der Waals surface area contributed by atoms with Crippen molar-refractivity contribution in [1.82, 2.24) is 0 Å². The van der Waals surface area contributed by atoms with Crippen LogP contribution in [0.2, 0.25) is 0 Å². The van der Waals surface area contributed by atoms with Crippen LogP contribution < -0.4 is 0 Å². The lowest BCUT2D eigenvalue weighted by Gasteiger charge is -2.07. The number of aryl methyl sites for hydroxylation is 1. The lowest BCUT2D eigenvalue weighted by atomic mass is 10.00. The molecule has 0 bridgehead atoms. The topological polar surface area (TPSA) is 37.3 Å². The number of hydrogen-bond acceptors (Lipinski definition) is 1. The number of halogens is 1. The van der Waals surface area contributed by atoms with Gasteiger partial charge in [-0.25, -0.2) is 9.18 Å². The van der Waals surface area contributed by atoms with E-state index in [-0.39, 0.29) is 11.4 Å². The largest absolute Gasteiger partial charge is 0.478 e. The number of aromatic carboxylic acids is 1. The van der Waals surface area contributed by atoms with Crippen LogP contribution in [0, 0.1) is 5.82 Å². The molecule has 0 aliphatic heterocycles. The molecule has 0 spiro atoms. The van der Waals surface area contributed by atoms with Gasteiger partial charge in [0.15, 0.2) is 0 Å². The molecule has 0 saturated carbocycles. The van der Waals surface area contributed by atoms with Gasteiger partial charge in [0.05, 0.1) is 5.56 Å². The van der Waals surface area contributed by atoms with Crippen molar-refractivity contribution >= 4 is 5.97 Å². The van der Waals surface area contributed by atoms with E-state index in [0.29, 0.717) is 11.1 Å². The second kappa shape index (κ2) is 7.02. The Morgan fingerprint density at radius 1 is 1.10 bits per heavy atom. The third-order valence-corrected chi connectivity index (χ3v) is 3.55. The Kier molecular flexibility index (Phi) is 5.09. The van der Waals surface area contributed by atoms with Gasteiger partial charge < -0.3 is 5.11 Å². The van der Waals surface area contributed by atoms with E-state index in [2.05, 4.69) is 6.92 Å². The molecule has 2 aromatic rings. The summed E-state index contributed by atoms with van der Waals surface area (Å²) in [6.45, 7) is 2.14. The van der Waals surface area contributed by atoms with Crippen molar-refractivity contribution in [3.05, 3.63) is 59.4 Å². The summed E-state index contributed by atoms with van der Waals surface area (Å²) < 4.78 is 14.2. The van der Waals surface area contributed by atoms with Crippen LogP contribution in [-0.4, -0.2) is 11.1 Å². The first-order chi connectivity index (χ1) is 10.1. The molecule has 0 saturated heterocycles. The Morgan fingerprint density at radius 3 is 2.38 bits per heavy atom. The summed E-state index contributed by atoms with van der Waals surface area (Å²) in [5, 5.41) is 8.87. The average molecular weight is 286 g/mol. The van der Waals surface area contributed by atoms with Crippen LogP contribution in [0.1, 0.15) is 42.1 Å². The van der Waals surface area contributed by atoms with E-state index in [1.54, 1.807) is 24.3 Å².